The van der Waals surface area contributed by atoms with Gasteiger partial charge in [-0.1, -0.05) is 59.9 Å². The smallest absolute Gasteiger partial charge is 0.242 e. The molecule has 31 heavy (non-hydrogen) atoms. The number of amides is 2. The summed E-state index contributed by atoms with van der Waals surface area (Å²) >= 11 is 19.7. The Morgan fingerprint density at radius 2 is 1.77 bits per heavy atom. The SMILES string of the molecule is CC[C@@H](C)NC(=O)[C@@H](C)N(Cc1cccc(Cl)c1)C(=O)CSCc1ccc(Cl)cc1Cl. The van der Waals surface area contributed by atoms with Gasteiger partial charge < -0.3 is 10.2 Å². The van der Waals surface area contributed by atoms with Crippen LogP contribution in [-0.2, 0) is 21.9 Å². The Bertz CT molecular complexity index is 910. The van der Waals surface area contributed by atoms with Crippen LogP contribution in [0.25, 0.3) is 0 Å². The molecule has 0 fully saturated rings. The Hall–Kier alpha value is -1.40. The third kappa shape index (κ3) is 8.23. The van der Waals surface area contributed by atoms with Gasteiger partial charge in [-0.3, -0.25) is 9.59 Å². The molecule has 1 N–H and O–H groups in total. The molecule has 0 bridgehead atoms. The van der Waals surface area contributed by atoms with Crippen LogP contribution >= 0.6 is 46.6 Å². The van der Waals surface area contributed by atoms with Gasteiger partial charge in [0.25, 0.3) is 0 Å². The van der Waals surface area contributed by atoms with E-state index in [-0.39, 0.29) is 23.6 Å². The van der Waals surface area contributed by atoms with Gasteiger partial charge in [-0.05, 0) is 55.7 Å². The summed E-state index contributed by atoms with van der Waals surface area (Å²) < 4.78 is 0. The Morgan fingerprint density at radius 3 is 2.42 bits per heavy atom. The van der Waals surface area contributed by atoms with Gasteiger partial charge in [0.1, 0.15) is 6.04 Å². The average Bonchev–Trinajstić information content (AvgIpc) is 2.72. The van der Waals surface area contributed by atoms with Crippen LogP contribution in [0, 0.1) is 0 Å². The van der Waals surface area contributed by atoms with Gasteiger partial charge in [0.05, 0.1) is 5.75 Å². The monoisotopic (exact) mass is 500 g/mol. The van der Waals surface area contributed by atoms with Crippen molar-refractivity contribution < 1.29 is 9.59 Å². The minimum atomic E-state index is -0.611. The predicted octanol–water partition coefficient (Wildman–Crippen LogP) is 6.21. The highest BCUT2D eigenvalue weighted by molar-refractivity contribution is 7.99. The minimum Gasteiger partial charge on any atom is -0.352 e. The molecule has 0 heterocycles. The molecule has 0 aromatic heterocycles. The molecule has 0 aliphatic heterocycles. The van der Waals surface area contributed by atoms with E-state index in [0.717, 1.165) is 17.5 Å². The molecular formula is C23H27Cl3N2O2S. The molecule has 0 saturated carbocycles. The lowest BCUT2D eigenvalue weighted by molar-refractivity contribution is -0.138. The Labute approximate surface area is 203 Å². The molecule has 0 radical (unpaired) electrons. The van der Waals surface area contributed by atoms with E-state index in [9.17, 15) is 9.59 Å². The highest BCUT2D eigenvalue weighted by Gasteiger charge is 2.26. The number of hydrogen-bond donors (Lipinski definition) is 1. The van der Waals surface area contributed by atoms with Crippen LogP contribution in [0.15, 0.2) is 42.5 Å². The van der Waals surface area contributed by atoms with Crippen LogP contribution in [0.4, 0.5) is 0 Å². The lowest BCUT2D eigenvalue weighted by Gasteiger charge is -2.29. The van der Waals surface area contributed by atoms with Crippen LogP contribution in [0.2, 0.25) is 15.1 Å². The van der Waals surface area contributed by atoms with Crippen molar-refractivity contribution in [3.05, 3.63) is 68.7 Å². The third-order valence-corrected chi connectivity index (χ3v) is 6.70. The zero-order valence-corrected chi connectivity index (χ0v) is 20.9. The molecule has 0 unspecified atom stereocenters. The van der Waals surface area contributed by atoms with Crippen molar-refractivity contribution >= 4 is 58.4 Å². The van der Waals surface area contributed by atoms with Gasteiger partial charge in [-0.25, -0.2) is 0 Å². The van der Waals surface area contributed by atoms with Crippen molar-refractivity contribution in [1.29, 1.82) is 0 Å². The van der Waals surface area contributed by atoms with E-state index < -0.39 is 6.04 Å². The summed E-state index contributed by atoms with van der Waals surface area (Å²) in [5, 5.41) is 4.70. The zero-order valence-electron chi connectivity index (χ0n) is 17.8. The molecule has 4 nitrogen and oxygen atoms in total. The fourth-order valence-electron chi connectivity index (χ4n) is 2.85. The number of carbonyl (C=O) groups is 2. The van der Waals surface area contributed by atoms with Crippen LogP contribution < -0.4 is 5.32 Å². The first-order chi connectivity index (χ1) is 14.7. The van der Waals surface area contributed by atoms with E-state index in [0.29, 0.717) is 27.4 Å². The van der Waals surface area contributed by atoms with Gasteiger partial charge in [-0.15, -0.1) is 11.8 Å². The lowest BCUT2D eigenvalue weighted by atomic mass is 10.1. The highest BCUT2D eigenvalue weighted by Crippen LogP contribution is 2.25. The van der Waals surface area contributed by atoms with Crippen molar-refractivity contribution in [1.82, 2.24) is 10.2 Å². The maximum absolute atomic E-state index is 13.1. The Morgan fingerprint density at radius 1 is 1.06 bits per heavy atom. The Balaban J connectivity index is 2.10. The van der Waals surface area contributed by atoms with Crippen LogP contribution in [0.5, 0.6) is 0 Å². The first-order valence-corrected chi connectivity index (χ1v) is 12.4. The molecule has 8 heteroatoms. The molecule has 2 rings (SSSR count). The molecule has 2 aromatic rings. The van der Waals surface area contributed by atoms with Crippen LogP contribution in [0.1, 0.15) is 38.3 Å². The van der Waals surface area contributed by atoms with E-state index >= 15 is 0 Å². The number of halogens is 3. The lowest BCUT2D eigenvalue weighted by Crippen LogP contribution is -2.50. The number of nitrogens with zero attached hydrogens (tertiary/aromatic N) is 1. The molecule has 168 valence electrons. The number of rotatable bonds is 10. The second-order valence-electron chi connectivity index (χ2n) is 7.37. The summed E-state index contributed by atoms with van der Waals surface area (Å²) in [6, 6.07) is 12.1. The fraction of sp³-hybridized carbons (Fsp3) is 0.391. The van der Waals surface area contributed by atoms with E-state index in [1.165, 1.54) is 11.8 Å². The summed E-state index contributed by atoms with van der Waals surface area (Å²) in [7, 11) is 0. The second-order valence-corrected chi connectivity index (χ2v) is 9.64. The van der Waals surface area contributed by atoms with Gasteiger partial charge >= 0.3 is 0 Å². The molecule has 0 aliphatic carbocycles. The van der Waals surface area contributed by atoms with Gasteiger partial charge in [0, 0.05) is 33.4 Å². The van der Waals surface area contributed by atoms with Crippen molar-refractivity contribution in [2.45, 2.75) is 51.6 Å². The molecular weight excluding hydrogens is 475 g/mol. The van der Waals surface area contributed by atoms with Crippen LogP contribution in [0.3, 0.4) is 0 Å². The molecule has 0 aliphatic rings. The van der Waals surface area contributed by atoms with Crippen molar-refractivity contribution in [2.75, 3.05) is 5.75 Å². The van der Waals surface area contributed by atoms with E-state index in [4.69, 9.17) is 34.8 Å². The second kappa shape index (κ2) is 12.6. The quantitative estimate of drug-likeness (QED) is 0.421. The largest absolute Gasteiger partial charge is 0.352 e. The maximum Gasteiger partial charge on any atom is 0.242 e. The summed E-state index contributed by atoms with van der Waals surface area (Å²) in [4.78, 5) is 27.4. The molecule has 0 saturated heterocycles. The first-order valence-electron chi connectivity index (χ1n) is 10.1. The normalized spacial score (nSPS) is 12.8. The third-order valence-electron chi connectivity index (χ3n) is 4.91. The predicted molar refractivity (Wildman–Crippen MR) is 132 cm³/mol. The highest BCUT2D eigenvalue weighted by atomic mass is 35.5. The van der Waals surface area contributed by atoms with Crippen molar-refractivity contribution in [3.8, 4) is 0 Å². The molecule has 0 spiro atoms. The number of nitrogens with one attached hydrogen (secondary N) is 1. The first kappa shape index (κ1) is 25.9. The minimum absolute atomic E-state index is 0.0412. The maximum atomic E-state index is 13.1. The molecule has 2 atom stereocenters. The number of thioether (sulfide) groups is 1. The summed E-state index contributed by atoms with van der Waals surface area (Å²) in [6.07, 6.45) is 0.818. The summed E-state index contributed by atoms with van der Waals surface area (Å²) in [5.41, 5.74) is 1.78. The fourth-order valence-corrected chi connectivity index (χ4v) is 4.53. The standard InChI is InChI=1S/C23H27Cl3N2O2S/c1-4-15(2)27-23(30)16(3)28(12-17-6-5-7-19(24)10-17)22(29)14-31-13-18-8-9-20(25)11-21(18)26/h5-11,15-16H,4,12-14H2,1-3H3,(H,27,30)/t15-,16-/m1/s1. The number of hydrogen-bond acceptors (Lipinski definition) is 3. The van der Waals surface area contributed by atoms with Gasteiger partial charge in [0.15, 0.2) is 0 Å². The van der Waals surface area contributed by atoms with E-state index in [2.05, 4.69) is 5.32 Å². The summed E-state index contributed by atoms with van der Waals surface area (Å²) in [6.45, 7) is 6.00. The van der Waals surface area contributed by atoms with E-state index in [1.807, 2.05) is 38.1 Å². The summed E-state index contributed by atoms with van der Waals surface area (Å²) in [5.74, 6) is 0.498. The van der Waals surface area contributed by atoms with E-state index in [1.54, 1.807) is 30.0 Å². The zero-order chi connectivity index (χ0) is 23.0. The topological polar surface area (TPSA) is 49.4 Å². The number of carbonyl (C=O) groups excluding carboxylic acids is 2. The van der Waals surface area contributed by atoms with Crippen molar-refractivity contribution in [2.24, 2.45) is 0 Å². The van der Waals surface area contributed by atoms with Gasteiger partial charge in [0.2, 0.25) is 11.8 Å². The van der Waals surface area contributed by atoms with Gasteiger partial charge in [-0.2, -0.15) is 0 Å². The molecule has 2 amide bonds. The average molecular weight is 502 g/mol. The van der Waals surface area contributed by atoms with Crippen molar-refractivity contribution in [3.63, 3.8) is 0 Å². The van der Waals surface area contributed by atoms with Crippen LogP contribution in [-0.4, -0.2) is 34.6 Å². The molecule has 2 aromatic carbocycles. The Kier molecular flexibility index (Phi) is 10.5. The number of benzene rings is 2.